The first-order valence-electron chi connectivity index (χ1n) is 5.11. The van der Waals surface area contributed by atoms with Gasteiger partial charge in [0.25, 0.3) is 5.56 Å². The standard InChI is InChI=1S/C10H16N4O2/c1-6(2)13-9(15)7(3)14-8-10(16)12-5-4-11-8/h4-7H,1-3H3,(H,11,14)(H,12,16)(H,13,15). The minimum Gasteiger partial charge on any atom is -0.354 e. The number of aromatic amines is 1. The summed E-state index contributed by atoms with van der Waals surface area (Å²) in [7, 11) is 0. The van der Waals surface area contributed by atoms with Crippen molar-refractivity contribution in [2.45, 2.75) is 32.9 Å². The number of hydrogen-bond donors (Lipinski definition) is 3. The van der Waals surface area contributed by atoms with Gasteiger partial charge in [0, 0.05) is 18.4 Å². The van der Waals surface area contributed by atoms with Crippen molar-refractivity contribution in [1.82, 2.24) is 15.3 Å². The molecule has 1 heterocycles. The molecule has 1 aromatic rings. The van der Waals surface area contributed by atoms with Crippen LogP contribution in [0.25, 0.3) is 0 Å². The second kappa shape index (κ2) is 5.29. The van der Waals surface area contributed by atoms with Gasteiger partial charge in [-0.05, 0) is 20.8 Å². The molecule has 1 rings (SSSR count). The van der Waals surface area contributed by atoms with E-state index in [4.69, 9.17) is 0 Å². The van der Waals surface area contributed by atoms with Crippen molar-refractivity contribution in [1.29, 1.82) is 0 Å². The quantitative estimate of drug-likeness (QED) is 0.676. The monoisotopic (exact) mass is 224 g/mol. The first kappa shape index (κ1) is 12.2. The van der Waals surface area contributed by atoms with E-state index in [0.29, 0.717) is 0 Å². The fourth-order valence-electron chi connectivity index (χ4n) is 1.13. The summed E-state index contributed by atoms with van der Waals surface area (Å²) in [5.74, 6) is -0.0195. The van der Waals surface area contributed by atoms with Crippen LogP contribution in [0.4, 0.5) is 5.82 Å². The molecule has 88 valence electrons. The predicted octanol–water partition coefficient (Wildman–Crippen LogP) is 0.0949. The molecule has 0 aliphatic rings. The highest BCUT2D eigenvalue weighted by Crippen LogP contribution is 1.95. The molecular formula is C10H16N4O2. The van der Waals surface area contributed by atoms with Crippen LogP contribution >= 0.6 is 0 Å². The maximum absolute atomic E-state index is 11.6. The molecule has 0 saturated heterocycles. The van der Waals surface area contributed by atoms with Crippen molar-refractivity contribution in [2.75, 3.05) is 5.32 Å². The molecule has 0 fully saturated rings. The molecule has 16 heavy (non-hydrogen) atoms. The number of anilines is 1. The van der Waals surface area contributed by atoms with Crippen molar-refractivity contribution in [3.63, 3.8) is 0 Å². The number of carbonyl (C=O) groups excluding carboxylic acids is 1. The van der Waals surface area contributed by atoms with Crippen LogP contribution in [0.15, 0.2) is 17.2 Å². The molecule has 1 unspecified atom stereocenters. The van der Waals surface area contributed by atoms with E-state index >= 15 is 0 Å². The zero-order valence-corrected chi connectivity index (χ0v) is 9.57. The van der Waals surface area contributed by atoms with Crippen LogP contribution in [0, 0.1) is 0 Å². The largest absolute Gasteiger partial charge is 0.354 e. The molecule has 0 aromatic carbocycles. The van der Waals surface area contributed by atoms with Gasteiger partial charge in [0.1, 0.15) is 6.04 Å². The third kappa shape index (κ3) is 3.38. The minimum atomic E-state index is -0.501. The van der Waals surface area contributed by atoms with E-state index in [9.17, 15) is 9.59 Å². The van der Waals surface area contributed by atoms with Crippen molar-refractivity contribution in [2.24, 2.45) is 0 Å². The first-order chi connectivity index (χ1) is 7.50. The Balaban J connectivity index is 2.65. The van der Waals surface area contributed by atoms with Gasteiger partial charge in [-0.15, -0.1) is 0 Å². The second-order valence-corrected chi connectivity index (χ2v) is 3.80. The molecule has 3 N–H and O–H groups in total. The van der Waals surface area contributed by atoms with Crippen LogP contribution in [0.2, 0.25) is 0 Å². The van der Waals surface area contributed by atoms with Gasteiger partial charge in [-0.2, -0.15) is 0 Å². The van der Waals surface area contributed by atoms with E-state index in [2.05, 4.69) is 20.6 Å². The highest BCUT2D eigenvalue weighted by atomic mass is 16.2. The number of rotatable bonds is 4. The topological polar surface area (TPSA) is 86.9 Å². The van der Waals surface area contributed by atoms with Crippen LogP contribution in [0.5, 0.6) is 0 Å². The maximum atomic E-state index is 11.6. The SMILES string of the molecule is CC(C)NC(=O)C(C)Nc1ncc[nH]c1=O. The first-order valence-corrected chi connectivity index (χ1v) is 5.11. The predicted molar refractivity (Wildman–Crippen MR) is 61.2 cm³/mol. The average Bonchev–Trinajstić information content (AvgIpc) is 2.20. The Hall–Kier alpha value is -1.85. The summed E-state index contributed by atoms with van der Waals surface area (Å²) in [6.45, 7) is 5.42. The van der Waals surface area contributed by atoms with Gasteiger partial charge in [0.2, 0.25) is 5.91 Å². The van der Waals surface area contributed by atoms with Crippen LogP contribution in [0.3, 0.4) is 0 Å². The number of nitrogens with zero attached hydrogens (tertiary/aromatic N) is 1. The summed E-state index contributed by atoms with van der Waals surface area (Å²) >= 11 is 0. The molecule has 0 spiro atoms. The van der Waals surface area contributed by atoms with Gasteiger partial charge >= 0.3 is 0 Å². The number of carbonyl (C=O) groups is 1. The van der Waals surface area contributed by atoms with Crippen molar-refractivity contribution >= 4 is 11.7 Å². The second-order valence-electron chi connectivity index (χ2n) is 3.80. The average molecular weight is 224 g/mol. The number of aromatic nitrogens is 2. The smallest absolute Gasteiger partial charge is 0.290 e. The molecule has 0 saturated carbocycles. The summed E-state index contributed by atoms with van der Waals surface area (Å²) in [4.78, 5) is 29.2. The lowest BCUT2D eigenvalue weighted by Crippen LogP contribution is -2.42. The third-order valence-corrected chi connectivity index (χ3v) is 1.89. The summed E-state index contributed by atoms with van der Waals surface area (Å²) in [6.07, 6.45) is 2.89. The fraction of sp³-hybridized carbons (Fsp3) is 0.500. The zero-order chi connectivity index (χ0) is 12.1. The van der Waals surface area contributed by atoms with E-state index in [0.717, 1.165) is 0 Å². The van der Waals surface area contributed by atoms with Crippen LogP contribution in [-0.2, 0) is 4.79 Å². The van der Waals surface area contributed by atoms with E-state index in [1.165, 1.54) is 12.4 Å². The van der Waals surface area contributed by atoms with E-state index in [1.807, 2.05) is 13.8 Å². The molecule has 0 aliphatic heterocycles. The maximum Gasteiger partial charge on any atom is 0.290 e. The molecule has 1 atom stereocenters. The molecule has 0 aliphatic carbocycles. The van der Waals surface area contributed by atoms with Crippen molar-refractivity contribution in [3.05, 3.63) is 22.7 Å². The number of H-pyrrole nitrogens is 1. The van der Waals surface area contributed by atoms with E-state index in [1.54, 1.807) is 6.92 Å². The highest BCUT2D eigenvalue weighted by molar-refractivity contribution is 5.83. The Morgan fingerprint density at radius 3 is 2.69 bits per heavy atom. The molecule has 1 amide bonds. The molecule has 1 aromatic heterocycles. The Bertz CT molecular complexity index is 413. The highest BCUT2D eigenvalue weighted by Gasteiger charge is 2.14. The summed E-state index contributed by atoms with van der Waals surface area (Å²) in [5, 5.41) is 5.49. The Labute approximate surface area is 93.5 Å². The number of nitrogens with one attached hydrogen (secondary N) is 3. The van der Waals surface area contributed by atoms with E-state index in [-0.39, 0.29) is 23.3 Å². The summed E-state index contributed by atoms with van der Waals surface area (Å²) in [6, 6.07) is -0.433. The van der Waals surface area contributed by atoms with Gasteiger partial charge in [-0.1, -0.05) is 0 Å². The summed E-state index contributed by atoms with van der Waals surface area (Å²) in [5.41, 5.74) is -0.341. The normalized spacial score (nSPS) is 12.2. The lowest BCUT2D eigenvalue weighted by Gasteiger charge is -2.15. The third-order valence-electron chi connectivity index (χ3n) is 1.89. The Kier molecular flexibility index (Phi) is 4.04. The van der Waals surface area contributed by atoms with Crippen LogP contribution in [0.1, 0.15) is 20.8 Å². The van der Waals surface area contributed by atoms with Gasteiger partial charge in [0.15, 0.2) is 5.82 Å². The van der Waals surface area contributed by atoms with Gasteiger partial charge in [-0.3, -0.25) is 9.59 Å². The summed E-state index contributed by atoms with van der Waals surface area (Å²) < 4.78 is 0. The van der Waals surface area contributed by atoms with Crippen molar-refractivity contribution in [3.8, 4) is 0 Å². The Morgan fingerprint density at radius 1 is 1.44 bits per heavy atom. The fourth-order valence-corrected chi connectivity index (χ4v) is 1.13. The molecular weight excluding hydrogens is 208 g/mol. The molecule has 6 nitrogen and oxygen atoms in total. The lowest BCUT2D eigenvalue weighted by atomic mass is 10.3. The van der Waals surface area contributed by atoms with Crippen LogP contribution < -0.4 is 16.2 Å². The van der Waals surface area contributed by atoms with Crippen LogP contribution in [-0.4, -0.2) is 28.0 Å². The molecule has 0 bridgehead atoms. The molecule has 0 radical (unpaired) electrons. The lowest BCUT2D eigenvalue weighted by molar-refractivity contribution is -0.122. The Morgan fingerprint density at radius 2 is 2.12 bits per heavy atom. The van der Waals surface area contributed by atoms with Crippen molar-refractivity contribution < 1.29 is 4.79 Å². The minimum absolute atomic E-state index is 0.0683. The van der Waals surface area contributed by atoms with Gasteiger partial charge < -0.3 is 15.6 Å². The van der Waals surface area contributed by atoms with E-state index < -0.39 is 6.04 Å². The zero-order valence-electron chi connectivity index (χ0n) is 9.57. The van der Waals surface area contributed by atoms with Gasteiger partial charge in [0.05, 0.1) is 0 Å². The number of amides is 1. The van der Waals surface area contributed by atoms with Gasteiger partial charge in [-0.25, -0.2) is 4.98 Å². The molecule has 6 heteroatoms. The number of hydrogen-bond acceptors (Lipinski definition) is 4.